The Bertz CT molecular complexity index is 563. The normalized spacial score (nSPS) is 26.9. The van der Waals surface area contributed by atoms with Crippen LogP contribution in [0.1, 0.15) is 11.5 Å². The van der Waals surface area contributed by atoms with Gasteiger partial charge < -0.3 is 21.1 Å². The molecule has 0 aromatic heterocycles. The third-order valence-electron chi connectivity index (χ3n) is 4.08. The number of phenolic OH excluding ortho intramolecular Hbond substituents is 1. The molecule has 2 fully saturated rings. The van der Waals surface area contributed by atoms with Gasteiger partial charge >= 0.3 is 0 Å². The summed E-state index contributed by atoms with van der Waals surface area (Å²) in [4.78, 5) is 14.0. The molecule has 1 aromatic rings. The topological polar surface area (TPSA) is 78.6 Å². The maximum absolute atomic E-state index is 12.2. The van der Waals surface area contributed by atoms with Crippen molar-refractivity contribution in [3.8, 4) is 5.75 Å². The smallest absolute Gasteiger partial charge is 0.240 e. The van der Waals surface area contributed by atoms with Crippen LogP contribution < -0.4 is 11.1 Å². The fourth-order valence-corrected chi connectivity index (χ4v) is 3.25. The van der Waals surface area contributed by atoms with Gasteiger partial charge in [-0.2, -0.15) is 0 Å². The van der Waals surface area contributed by atoms with E-state index in [2.05, 4.69) is 5.32 Å². The van der Waals surface area contributed by atoms with E-state index in [1.807, 2.05) is 0 Å². The summed E-state index contributed by atoms with van der Waals surface area (Å²) >= 11 is 12.2. The zero-order valence-electron chi connectivity index (χ0n) is 10.6. The molecule has 1 aromatic carbocycles. The van der Waals surface area contributed by atoms with Crippen LogP contribution in [-0.4, -0.2) is 47.6 Å². The molecule has 0 bridgehead atoms. The van der Waals surface area contributed by atoms with Crippen molar-refractivity contribution in [2.45, 2.75) is 18.0 Å². The number of nitrogens with one attached hydrogen (secondary N) is 1. The van der Waals surface area contributed by atoms with E-state index in [4.69, 9.17) is 28.9 Å². The van der Waals surface area contributed by atoms with Crippen molar-refractivity contribution in [2.75, 3.05) is 19.6 Å². The van der Waals surface area contributed by atoms with Crippen LogP contribution in [0.4, 0.5) is 0 Å². The van der Waals surface area contributed by atoms with E-state index in [-0.39, 0.29) is 28.6 Å². The van der Waals surface area contributed by atoms with Crippen molar-refractivity contribution < 1.29 is 9.90 Å². The van der Waals surface area contributed by atoms with Gasteiger partial charge in [0, 0.05) is 31.1 Å². The fourth-order valence-electron chi connectivity index (χ4n) is 2.78. The summed E-state index contributed by atoms with van der Waals surface area (Å²) in [6.45, 7) is 2.01. The van der Waals surface area contributed by atoms with Crippen molar-refractivity contribution in [3.63, 3.8) is 0 Å². The van der Waals surface area contributed by atoms with Gasteiger partial charge in [-0.15, -0.1) is 0 Å². The lowest BCUT2D eigenvalue weighted by molar-refractivity contribution is -0.131. The molecule has 1 amide bonds. The molecule has 7 heteroatoms. The van der Waals surface area contributed by atoms with Crippen molar-refractivity contribution >= 4 is 29.1 Å². The first-order chi connectivity index (χ1) is 9.50. The molecule has 2 aliphatic rings. The van der Waals surface area contributed by atoms with Crippen LogP contribution in [0.25, 0.3) is 0 Å². The van der Waals surface area contributed by atoms with E-state index in [9.17, 15) is 9.90 Å². The van der Waals surface area contributed by atoms with Gasteiger partial charge in [0.2, 0.25) is 5.91 Å². The number of benzene rings is 1. The number of likely N-dealkylation sites (tertiary alicyclic amines) is 1. The number of hydrogen-bond donors (Lipinski definition) is 3. The van der Waals surface area contributed by atoms with Gasteiger partial charge in [0.15, 0.2) is 0 Å². The molecule has 0 radical (unpaired) electrons. The Hall–Kier alpha value is -1.01. The molecule has 2 heterocycles. The first kappa shape index (κ1) is 13.9. The van der Waals surface area contributed by atoms with Gasteiger partial charge in [-0.1, -0.05) is 23.2 Å². The lowest BCUT2D eigenvalue weighted by atomic mass is 9.93. The Labute approximate surface area is 126 Å². The summed E-state index contributed by atoms with van der Waals surface area (Å²) in [5, 5.41) is 13.8. The maximum Gasteiger partial charge on any atom is 0.240 e. The highest BCUT2D eigenvalue weighted by Gasteiger charge is 2.44. The molecular formula is C13H15Cl2N3O2. The predicted octanol–water partition coefficient (Wildman–Crippen LogP) is 0.924. The predicted molar refractivity (Wildman–Crippen MR) is 77.2 cm³/mol. The average molecular weight is 316 g/mol. The highest BCUT2D eigenvalue weighted by Crippen LogP contribution is 2.41. The van der Waals surface area contributed by atoms with E-state index in [1.54, 1.807) is 4.90 Å². The number of amides is 1. The third-order valence-corrected chi connectivity index (χ3v) is 4.90. The SMILES string of the molecule is N[C@H]1C(=O)N(C2CNC2)CC1c1c(O)ccc(Cl)c1Cl. The zero-order valence-corrected chi connectivity index (χ0v) is 12.2. The number of carbonyl (C=O) groups excluding carboxylic acids is 1. The largest absolute Gasteiger partial charge is 0.508 e. The third kappa shape index (κ3) is 2.05. The summed E-state index contributed by atoms with van der Waals surface area (Å²) < 4.78 is 0. The quantitative estimate of drug-likeness (QED) is 0.758. The summed E-state index contributed by atoms with van der Waals surface area (Å²) in [6.07, 6.45) is 0. The van der Waals surface area contributed by atoms with Gasteiger partial charge in [-0.25, -0.2) is 0 Å². The Balaban J connectivity index is 1.95. The molecule has 3 rings (SSSR count). The first-order valence-electron chi connectivity index (χ1n) is 6.44. The standard InChI is InChI=1S/C13H15Cl2N3O2/c14-8-1-2-9(19)10(11(8)15)7-5-18(6-3-17-4-6)13(20)12(7)16/h1-2,6-7,12,17,19H,3-5,16H2/t7?,12-/m1/s1. The molecule has 0 spiro atoms. The second-order valence-electron chi connectivity index (χ2n) is 5.23. The number of rotatable bonds is 2. The van der Waals surface area contributed by atoms with Crippen molar-refractivity contribution in [1.29, 1.82) is 0 Å². The minimum Gasteiger partial charge on any atom is -0.508 e. The highest BCUT2D eigenvalue weighted by atomic mass is 35.5. The molecule has 2 aliphatic heterocycles. The number of hydrogen-bond acceptors (Lipinski definition) is 4. The van der Waals surface area contributed by atoms with Gasteiger partial charge in [0.05, 0.1) is 22.1 Å². The second kappa shape index (κ2) is 5.07. The van der Waals surface area contributed by atoms with Crippen LogP contribution in [0.3, 0.4) is 0 Å². The van der Waals surface area contributed by atoms with Crippen LogP contribution in [0, 0.1) is 0 Å². The Kier molecular flexibility index (Phi) is 3.54. The molecular weight excluding hydrogens is 301 g/mol. The minimum atomic E-state index is -0.697. The van der Waals surface area contributed by atoms with Gasteiger partial charge in [-0.05, 0) is 12.1 Å². The van der Waals surface area contributed by atoms with Crippen LogP contribution in [0.15, 0.2) is 12.1 Å². The van der Waals surface area contributed by atoms with E-state index < -0.39 is 6.04 Å². The molecule has 20 heavy (non-hydrogen) atoms. The molecule has 1 unspecified atom stereocenters. The van der Waals surface area contributed by atoms with Crippen LogP contribution in [0.2, 0.25) is 10.0 Å². The first-order valence-corrected chi connectivity index (χ1v) is 7.20. The molecule has 5 nitrogen and oxygen atoms in total. The Morgan fingerprint density at radius 1 is 1.35 bits per heavy atom. The molecule has 4 N–H and O–H groups in total. The molecule has 2 saturated heterocycles. The molecule has 108 valence electrons. The van der Waals surface area contributed by atoms with Gasteiger partial charge in [0.1, 0.15) is 5.75 Å². The van der Waals surface area contributed by atoms with Gasteiger partial charge in [0.25, 0.3) is 0 Å². The lowest BCUT2D eigenvalue weighted by Crippen LogP contribution is -2.58. The zero-order chi connectivity index (χ0) is 14.4. The number of nitrogens with zero attached hydrogens (tertiary/aromatic N) is 1. The molecule has 0 aliphatic carbocycles. The summed E-state index contributed by atoms with van der Waals surface area (Å²) in [5.41, 5.74) is 6.49. The van der Waals surface area contributed by atoms with E-state index in [1.165, 1.54) is 12.1 Å². The number of halogens is 2. The van der Waals surface area contributed by atoms with E-state index in [0.717, 1.165) is 13.1 Å². The summed E-state index contributed by atoms with van der Waals surface area (Å²) in [6, 6.07) is 2.49. The van der Waals surface area contributed by atoms with E-state index >= 15 is 0 Å². The van der Waals surface area contributed by atoms with E-state index in [0.29, 0.717) is 17.1 Å². The van der Waals surface area contributed by atoms with Crippen LogP contribution in [0.5, 0.6) is 5.75 Å². The Morgan fingerprint density at radius 3 is 2.65 bits per heavy atom. The van der Waals surface area contributed by atoms with Crippen molar-refractivity contribution in [1.82, 2.24) is 10.2 Å². The van der Waals surface area contributed by atoms with Crippen LogP contribution in [-0.2, 0) is 4.79 Å². The second-order valence-corrected chi connectivity index (χ2v) is 6.01. The Morgan fingerprint density at radius 2 is 2.05 bits per heavy atom. The maximum atomic E-state index is 12.2. The molecule has 2 atom stereocenters. The number of carbonyl (C=O) groups is 1. The lowest BCUT2D eigenvalue weighted by Gasteiger charge is -2.35. The average Bonchev–Trinajstić information content (AvgIpc) is 2.62. The number of nitrogens with two attached hydrogens (primary N) is 1. The fraction of sp³-hybridized carbons (Fsp3) is 0.462. The number of phenols is 1. The minimum absolute atomic E-state index is 0.0289. The molecule has 0 saturated carbocycles. The van der Waals surface area contributed by atoms with Crippen molar-refractivity contribution in [3.05, 3.63) is 27.7 Å². The van der Waals surface area contributed by atoms with Crippen LogP contribution >= 0.6 is 23.2 Å². The monoisotopic (exact) mass is 315 g/mol. The highest BCUT2D eigenvalue weighted by molar-refractivity contribution is 6.42. The van der Waals surface area contributed by atoms with Crippen molar-refractivity contribution in [2.24, 2.45) is 5.73 Å². The summed E-state index contributed by atoms with van der Waals surface area (Å²) in [5.74, 6) is -0.410. The number of aromatic hydroxyl groups is 1. The van der Waals surface area contributed by atoms with Gasteiger partial charge in [-0.3, -0.25) is 4.79 Å². The summed E-state index contributed by atoms with van der Waals surface area (Å²) in [7, 11) is 0.